The third-order valence-corrected chi connectivity index (χ3v) is 5.13. The molecule has 0 aliphatic carbocycles. The first-order valence-corrected chi connectivity index (χ1v) is 10.0. The van der Waals surface area contributed by atoms with Crippen molar-refractivity contribution < 1.29 is 14.3 Å². The second kappa shape index (κ2) is 9.55. The number of carbonyl (C=O) groups excluding carboxylic acids is 1. The molecule has 0 fully saturated rings. The lowest BCUT2D eigenvalue weighted by molar-refractivity contribution is -0.139. The third kappa shape index (κ3) is 5.46. The number of nitrogens with zero attached hydrogens (tertiary/aromatic N) is 3. The molecule has 0 N–H and O–H groups in total. The molecule has 0 atom stereocenters. The van der Waals surface area contributed by atoms with E-state index in [0.29, 0.717) is 16.5 Å². The highest BCUT2D eigenvalue weighted by molar-refractivity contribution is 7.09. The molecule has 0 aliphatic rings. The third-order valence-electron chi connectivity index (χ3n) is 4.01. The molecule has 0 amide bonds. The van der Waals surface area contributed by atoms with Crippen molar-refractivity contribution in [1.82, 2.24) is 14.1 Å². The van der Waals surface area contributed by atoms with Crippen molar-refractivity contribution in [2.75, 3.05) is 0 Å². The molecule has 2 aromatic heterocycles. The van der Waals surface area contributed by atoms with E-state index >= 15 is 0 Å². The van der Waals surface area contributed by atoms with E-state index in [2.05, 4.69) is 4.98 Å². The molecule has 0 spiro atoms. The largest absolute Gasteiger partial charge is 0.486 e. The Morgan fingerprint density at radius 1 is 1.20 bits per heavy atom. The fraction of sp³-hybridized carbons (Fsp3) is 0.200. The summed E-state index contributed by atoms with van der Waals surface area (Å²) in [5, 5.41) is 3.15. The molecule has 0 radical (unpaired) electrons. The molecular weight excluding hydrogens is 430 g/mol. The van der Waals surface area contributed by atoms with E-state index in [-0.39, 0.29) is 18.8 Å². The normalized spacial score (nSPS) is 11.0. The molecule has 0 saturated heterocycles. The highest BCUT2D eigenvalue weighted by Crippen LogP contribution is 2.18. The summed E-state index contributed by atoms with van der Waals surface area (Å²) in [6, 6.07) is 7.01. The van der Waals surface area contributed by atoms with Crippen LogP contribution < -0.4 is 16.0 Å². The second-order valence-corrected chi connectivity index (χ2v) is 7.64. The number of rotatable bonds is 7. The fourth-order valence-electron chi connectivity index (χ4n) is 2.46. The van der Waals surface area contributed by atoms with Crippen LogP contribution in [0.3, 0.4) is 0 Å². The van der Waals surface area contributed by atoms with Gasteiger partial charge in [-0.3, -0.25) is 9.36 Å². The zero-order valence-corrected chi connectivity index (χ0v) is 17.8. The number of thiazole rings is 1. The summed E-state index contributed by atoms with van der Waals surface area (Å²) in [5.74, 6) is 0.0511. The zero-order chi connectivity index (χ0) is 21.7. The second-order valence-electron chi connectivity index (χ2n) is 6.26. The summed E-state index contributed by atoms with van der Waals surface area (Å²) < 4.78 is 13.0. The van der Waals surface area contributed by atoms with E-state index in [4.69, 9.17) is 21.1 Å². The molecule has 0 aliphatic heterocycles. The van der Waals surface area contributed by atoms with Gasteiger partial charge in [-0.25, -0.2) is 14.6 Å². The molecule has 3 rings (SSSR count). The van der Waals surface area contributed by atoms with Crippen LogP contribution in [-0.2, 0) is 36.8 Å². The lowest BCUT2D eigenvalue weighted by Gasteiger charge is -2.04. The Labute approximate surface area is 180 Å². The summed E-state index contributed by atoms with van der Waals surface area (Å²) in [5.41, 5.74) is -0.146. The van der Waals surface area contributed by atoms with Gasteiger partial charge in [0.05, 0.1) is 11.3 Å². The van der Waals surface area contributed by atoms with Crippen LogP contribution in [0.2, 0.25) is 5.02 Å². The minimum absolute atomic E-state index is 0.00803. The first-order chi connectivity index (χ1) is 14.3. The first-order valence-electron chi connectivity index (χ1n) is 8.76. The number of benzene rings is 1. The van der Waals surface area contributed by atoms with Crippen molar-refractivity contribution in [2.24, 2.45) is 14.1 Å². The van der Waals surface area contributed by atoms with E-state index in [0.717, 1.165) is 15.7 Å². The molecule has 10 heteroatoms. The van der Waals surface area contributed by atoms with Gasteiger partial charge in [-0.2, -0.15) is 0 Å². The van der Waals surface area contributed by atoms with Gasteiger partial charge in [0.25, 0.3) is 5.56 Å². The molecule has 0 unspecified atom stereocenters. The molecular formula is C20H18ClN3O5S. The molecule has 8 nitrogen and oxygen atoms in total. The van der Waals surface area contributed by atoms with Crippen LogP contribution >= 0.6 is 22.9 Å². The molecule has 30 heavy (non-hydrogen) atoms. The minimum atomic E-state index is -0.627. The zero-order valence-electron chi connectivity index (χ0n) is 16.2. The van der Waals surface area contributed by atoms with Gasteiger partial charge >= 0.3 is 11.7 Å². The van der Waals surface area contributed by atoms with Gasteiger partial charge in [0, 0.05) is 36.8 Å². The topological polar surface area (TPSA) is 92.4 Å². The van der Waals surface area contributed by atoms with E-state index < -0.39 is 17.2 Å². The Morgan fingerprint density at radius 2 is 1.93 bits per heavy atom. The molecule has 0 saturated carbocycles. The lowest BCUT2D eigenvalue weighted by atomic mass is 10.3. The van der Waals surface area contributed by atoms with Gasteiger partial charge in [-0.15, -0.1) is 11.3 Å². The predicted octanol–water partition coefficient (Wildman–Crippen LogP) is 2.53. The Kier molecular flexibility index (Phi) is 6.86. The highest BCUT2D eigenvalue weighted by atomic mass is 35.5. The number of aryl methyl sites for hydroxylation is 1. The number of halogens is 1. The smallest absolute Gasteiger partial charge is 0.331 e. The van der Waals surface area contributed by atoms with Crippen molar-refractivity contribution in [3.63, 3.8) is 0 Å². The van der Waals surface area contributed by atoms with Crippen LogP contribution in [0.5, 0.6) is 5.75 Å². The summed E-state index contributed by atoms with van der Waals surface area (Å²) in [6.45, 7) is 0.280. The molecule has 3 aromatic rings. The summed E-state index contributed by atoms with van der Waals surface area (Å²) in [4.78, 5) is 40.0. The van der Waals surface area contributed by atoms with Crippen molar-refractivity contribution in [1.29, 1.82) is 0 Å². The Morgan fingerprint density at radius 3 is 2.67 bits per heavy atom. The number of esters is 1. The van der Waals surface area contributed by atoms with Crippen LogP contribution in [0, 0.1) is 0 Å². The average molecular weight is 448 g/mol. The van der Waals surface area contributed by atoms with Crippen molar-refractivity contribution in [2.45, 2.75) is 13.2 Å². The molecule has 2 heterocycles. The van der Waals surface area contributed by atoms with E-state index in [9.17, 15) is 14.4 Å². The number of ether oxygens (including phenoxy) is 2. The van der Waals surface area contributed by atoms with Gasteiger partial charge < -0.3 is 14.0 Å². The maximum atomic E-state index is 12.0. The van der Waals surface area contributed by atoms with Crippen molar-refractivity contribution in [3.05, 3.63) is 84.0 Å². The molecule has 156 valence electrons. The first kappa shape index (κ1) is 21.5. The van der Waals surface area contributed by atoms with Gasteiger partial charge in [0.1, 0.15) is 24.0 Å². The van der Waals surface area contributed by atoms with E-state index in [1.165, 1.54) is 42.3 Å². The molecule has 0 bridgehead atoms. The number of carbonyl (C=O) groups is 1. The Balaban J connectivity index is 1.53. The van der Waals surface area contributed by atoms with Crippen LogP contribution in [0.1, 0.15) is 16.3 Å². The summed E-state index contributed by atoms with van der Waals surface area (Å²) in [6.07, 6.45) is 3.82. The monoisotopic (exact) mass is 447 g/mol. The van der Waals surface area contributed by atoms with Crippen molar-refractivity contribution in [3.8, 4) is 5.75 Å². The van der Waals surface area contributed by atoms with Crippen LogP contribution in [0.25, 0.3) is 6.08 Å². The SMILES string of the molecule is Cn1cc(/C=C/C(=O)OCc2csc(COc3ccc(Cl)cc3)n2)c(=O)n(C)c1=O. The molecule has 1 aromatic carbocycles. The van der Waals surface area contributed by atoms with Gasteiger partial charge in [0.15, 0.2) is 0 Å². The van der Waals surface area contributed by atoms with Crippen LogP contribution in [-0.4, -0.2) is 20.1 Å². The fourth-order valence-corrected chi connectivity index (χ4v) is 3.27. The quantitative estimate of drug-likeness (QED) is 0.408. The Hall–Kier alpha value is -3.17. The van der Waals surface area contributed by atoms with Gasteiger partial charge in [0.2, 0.25) is 0 Å². The average Bonchev–Trinajstić information content (AvgIpc) is 3.20. The van der Waals surface area contributed by atoms with Crippen molar-refractivity contribution >= 4 is 35.0 Å². The maximum Gasteiger partial charge on any atom is 0.331 e. The standard InChI is InChI=1S/C20H18ClN3O5S/c1-23-9-13(19(26)24(2)20(23)27)3-8-18(25)29-10-15-12-30-17(22-15)11-28-16-6-4-14(21)5-7-16/h3-9,12H,10-11H2,1-2H3/b8-3+. The Bertz CT molecular complexity index is 1190. The van der Waals surface area contributed by atoms with Gasteiger partial charge in [-0.05, 0) is 30.3 Å². The summed E-state index contributed by atoms with van der Waals surface area (Å²) >= 11 is 7.23. The summed E-state index contributed by atoms with van der Waals surface area (Å²) in [7, 11) is 2.89. The number of aromatic nitrogens is 3. The highest BCUT2D eigenvalue weighted by Gasteiger charge is 2.07. The maximum absolute atomic E-state index is 12.0. The number of hydrogen-bond donors (Lipinski definition) is 0. The van der Waals surface area contributed by atoms with Crippen LogP contribution in [0.15, 0.2) is 51.5 Å². The minimum Gasteiger partial charge on any atom is -0.486 e. The predicted molar refractivity (Wildman–Crippen MR) is 114 cm³/mol. The van der Waals surface area contributed by atoms with Crippen LogP contribution in [0.4, 0.5) is 0 Å². The van der Waals surface area contributed by atoms with Gasteiger partial charge in [-0.1, -0.05) is 11.6 Å². The van der Waals surface area contributed by atoms with E-state index in [1.807, 2.05) is 0 Å². The van der Waals surface area contributed by atoms with E-state index in [1.54, 1.807) is 29.6 Å². The number of hydrogen-bond acceptors (Lipinski definition) is 7. The lowest BCUT2D eigenvalue weighted by Crippen LogP contribution is -2.37.